The van der Waals surface area contributed by atoms with E-state index in [1.54, 1.807) is 6.20 Å². The molecular weight excluding hydrogens is 134 g/mol. The number of carbonyl (C=O) groups excluding carboxylic acids is 1. The van der Waals surface area contributed by atoms with E-state index in [9.17, 15) is 4.79 Å². The number of carbonyl (C=O) groups is 1. The van der Waals surface area contributed by atoms with E-state index in [1.165, 1.54) is 24.2 Å². The van der Waals surface area contributed by atoms with Crippen LogP contribution in [0.15, 0.2) is 18.7 Å². The van der Waals surface area contributed by atoms with Gasteiger partial charge in [0.25, 0.3) is 0 Å². The van der Waals surface area contributed by atoms with Crippen molar-refractivity contribution >= 4 is 5.97 Å². The van der Waals surface area contributed by atoms with E-state index in [0.29, 0.717) is 0 Å². The van der Waals surface area contributed by atoms with Crippen LogP contribution in [-0.4, -0.2) is 15.7 Å². The first-order valence-corrected chi connectivity index (χ1v) is 2.46. The summed E-state index contributed by atoms with van der Waals surface area (Å²) in [6.07, 6.45) is 4.48. The third kappa shape index (κ3) is 2.27. The molecule has 1 heterocycles. The maximum absolute atomic E-state index is 10.2. The molecule has 3 N–H and O–H groups in total. The van der Waals surface area contributed by atoms with Crippen LogP contribution in [0.25, 0.3) is 0 Å². The van der Waals surface area contributed by atoms with Crippen LogP contribution in [-0.2, 0) is 4.79 Å². The fraction of sp³-hybridized carbons (Fsp3) is 0.200. The molecule has 0 aliphatic rings. The van der Waals surface area contributed by atoms with Crippen LogP contribution in [0.4, 0.5) is 0 Å². The van der Waals surface area contributed by atoms with Crippen molar-refractivity contribution in [3.05, 3.63) is 18.7 Å². The van der Waals surface area contributed by atoms with Crippen molar-refractivity contribution in [1.82, 2.24) is 15.9 Å². The van der Waals surface area contributed by atoms with E-state index in [2.05, 4.69) is 9.82 Å². The van der Waals surface area contributed by atoms with Gasteiger partial charge < -0.3 is 11.0 Å². The Labute approximate surface area is 58.2 Å². The van der Waals surface area contributed by atoms with Gasteiger partial charge in [0.15, 0.2) is 0 Å². The lowest BCUT2D eigenvalue weighted by Crippen LogP contribution is -2.13. The van der Waals surface area contributed by atoms with Crippen molar-refractivity contribution in [2.24, 2.45) is 0 Å². The molecule has 0 amide bonds. The maximum atomic E-state index is 10.2. The predicted molar refractivity (Wildman–Crippen MR) is 34.5 cm³/mol. The minimum absolute atomic E-state index is 0. The third-order valence-corrected chi connectivity index (χ3v) is 0.714. The molecule has 1 rings (SSSR count). The summed E-state index contributed by atoms with van der Waals surface area (Å²) in [5.41, 5.74) is 0. The van der Waals surface area contributed by atoms with Crippen molar-refractivity contribution in [2.75, 3.05) is 0 Å². The summed E-state index contributed by atoms with van der Waals surface area (Å²) in [6, 6.07) is 0. The van der Waals surface area contributed by atoms with Gasteiger partial charge in [-0.25, -0.2) is 9.78 Å². The maximum Gasteiger partial charge on any atom is 0.329 e. The molecule has 10 heavy (non-hydrogen) atoms. The third-order valence-electron chi connectivity index (χ3n) is 0.714. The minimum atomic E-state index is -0.354. The van der Waals surface area contributed by atoms with Crippen LogP contribution in [0.5, 0.6) is 0 Å². The Kier molecular flexibility index (Phi) is 3.13. The van der Waals surface area contributed by atoms with Gasteiger partial charge in [0.1, 0.15) is 6.33 Å². The van der Waals surface area contributed by atoms with Crippen molar-refractivity contribution in [3.8, 4) is 0 Å². The standard InChI is InChI=1S/C5H6N2O2.H3N/c1-5(8)9-7-3-2-6-4-7;/h2-4H,1H3;1H3. The van der Waals surface area contributed by atoms with Crippen molar-refractivity contribution in [2.45, 2.75) is 6.92 Å². The number of imidazole rings is 1. The Morgan fingerprint density at radius 1 is 1.70 bits per heavy atom. The second-order valence-corrected chi connectivity index (χ2v) is 1.51. The van der Waals surface area contributed by atoms with Gasteiger partial charge in [0.2, 0.25) is 0 Å². The number of rotatable bonds is 1. The van der Waals surface area contributed by atoms with Crippen LogP contribution in [0.3, 0.4) is 0 Å². The molecule has 5 heteroatoms. The number of nitrogens with zero attached hydrogens (tertiary/aromatic N) is 2. The predicted octanol–water partition coefficient (Wildman–Crippen LogP) is 0.0202. The van der Waals surface area contributed by atoms with Gasteiger partial charge in [-0.15, -0.1) is 0 Å². The molecule has 0 aliphatic carbocycles. The Bertz CT molecular complexity index is 195. The van der Waals surface area contributed by atoms with Gasteiger partial charge in [0.05, 0.1) is 6.20 Å². The van der Waals surface area contributed by atoms with E-state index >= 15 is 0 Å². The van der Waals surface area contributed by atoms with Gasteiger partial charge in [-0.05, 0) is 0 Å². The first-order valence-electron chi connectivity index (χ1n) is 2.46. The molecule has 0 spiro atoms. The molecule has 56 valence electrons. The molecule has 1 aromatic rings. The molecule has 0 saturated carbocycles. The number of aromatic nitrogens is 2. The zero-order chi connectivity index (χ0) is 6.69. The SMILES string of the molecule is CC(=O)On1ccnc1.N. The molecule has 1 aromatic heterocycles. The normalized spacial score (nSPS) is 8.10. The molecule has 0 fully saturated rings. The fourth-order valence-corrected chi connectivity index (χ4v) is 0.449. The van der Waals surface area contributed by atoms with Gasteiger partial charge in [0, 0.05) is 13.1 Å². The molecule has 0 aromatic carbocycles. The van der Waals surface area contributed by atoms with Gasteiger partial charge in [-0.2, -0.15) is 4.73 Å². The van der Waals surface area contributed by atoms with Crippen molar-refractivity contribution in [1.29, 1.82) is 0 Å². The van der Waals surface area contributed by atoms with Gasteiger partial charge in [-0.1, -0.05) is 0 Å². The summed E-state index contributed by atoms with van der Waals surface area (Å²) in [7, 11) is 0. The summed E-state index contributed by atoms with van der Waals surface area (Å²) < 4.78 is 1.24. The molecular formula is C5H9N3O2. The van der Waals surface area contributed by atoms with Gasteiger partial charge >= 0.3 is 5.97 Å². The first kappa shape index (κ1) is 8.64. The molecule has 0 saturated heterocycles. The van der Waals surface area contributed by atoms with E-state index in [-0.39, 0.29) is 12.1 Å². The van der Waals surface area contributed by atoms with E-state index in [0.717, 1.165) is 0 Å². The average Bonchev–Trinajstić information content (AvgIpc) is 2.15. The summed E-state index contributed by atoms with van der Waals surface area (Å²) in [4.78, 5) is 18.5. The summed E-state index contributed by atoms with van der Waals surface area (Å²) in [5.74, 6) is -0.354. The lowest BCUT2D eigenvalue weighted by Gasteiger charge is -1.96. The molecule has 0 unspecified atom stereocenters. The Morgan fingerprint density at radius 3 is 2.80 bits per heavy atom. The summed E-state index contributed by atoms with van der Waals surface area (Å²) in [5, 5.41) is 0. The topological polar surface area (TPSA) is 79.1 Å². The average molecular weight is 143 g/mol. The lowest BCUT2D eigenvalue weighted by atomic mass is 10.8. The monoisotopic (exact) mass is 143 g/mol. The molecule has 0 atom stereocenters. The molecule has 0 radical (unpaired) electrons. The van der Waals surface area contributed by atoms with Crippen LogP contribution in [0, 0.1) is 0 Å². The second kappa shape index (κ2) is 3.62. The molecule has 0 aliphatic heterocycles. The van der Waals surface area contributed by atoms with E-state index < -0.39 is 0 Å². The second-order valence-electron chi connectivity index (χ2n) is 1.51. The number of hydrogen-bond donors (Lipinski definition) is 1. The quantitative estimate of drug-likeness (QED) is 0.601. The van der Waals surface area contributed by atoms with Gasteiger partial charge in [-0.3, -0.25) is 0 Å². The van der Waals surface area contributed by atoms with Crippen LogP contribution in [0.2, 0.25) is 0 Å². The first-order chi connectivity index (χ1) is 4.29. The minimum Gasteiger partial charge on any atom is -0.344 e. The Morgan fingerprint density at radius 2 is 2.40 bits per heavy atom. The highest BCUT2D eigenvalue weighted by molar-refractivity contribution is 5.66. The van der Waals surface area contributed by atoms with Crippen LogP contribution >= 0.6 is 0 Å². The summed E-state index contributed by atoms with van der Waals surface area (Å²) >= 11 is 0. The summed E-state index contributed by atoms with van der Waals surface area (Å²) in [6.45, 7) is 1.33. The highest BCUT2D eigenvalue weighted by Gasteiger charge is 1.91. The lowest BCUT2D eigenvalue weighted by molar-refractivity contribution is -0.141. The molecule has 5 nitrogen and oxygen atoms in total. The Balaban J connectivity index is 0.000000810. The largest absolute Gasteiger partial charge is 0.344 e. The molecule has 0 bridgehead atoms. The van der Waals surface area contributed by atoms with Crippen molar-refractivity contribution < 1.29 is 9.63 Å². The number of hydrogen-bond acceptors (Lipinski definition) is 4. The van der Waals surface area contributed by atoms with Crippen molar-refractivity contribution in [3.63, 3.8) is 0 Å². The van der Waals surface area contributed by atoms with E-state index in [1.807, 2.05) is 0 Å². The Hall–Kier alpha value is -1.36. The highest BCUT2D eigenvalue weighted by atomic mass is 16.7. The van der Waals surface area contributed by atoms with Crippen LogP contribution in [0.1, 0.15) is 6.92 Å². The fourth-order valence-electron chi connectivity index (χ4n) is 0.449. The zero-order valence-electron chi connectivity index (χ0n) is 5.65. The zero-order valence-corrected chi connectivity index (χ0v) is 5.65. The van der Waals surface area contributed by atoms with Crippen LogP contribution < -0.4 is 11.0 Å². The van der Waals surface area contributed by atoms with E-state index in [4.69, 9.17) is 0 Å². The highest BCUT2D eigenvalue weighted by Crippen LogP contribution is 1.79. The smallest absolute Gasteiger partial charge is 0.329 e.